The molecule has 1 heterocycles. The van der Waals surface area contributed by atoms with Gasteiger partial charge < -0.3 is 9.64 Å². The Bertz CT molecular complexity index is 944. The Hall–Kier alpha value is -2.91. The van der Waals surface area contributed by atoms with Gasteiger partial charge in [0.2, 0.25) is 0 Å². The standard InChI is InChI=1S/C26H27NO2/c1-20-8-5-6-11-24(20)19-27(26(28)25-12-7-17-29-25)18-21-13-15-23(16-14-21)22-9-3-2-4-10-22/h2-6,8-11,13-16,25H,7,12,17-19H2,1H3/t25-/m1/s1. The lowest BCUT2D eigenvalue weighted by molar-refractivity contribution is -0.142. The third kappa shape index (κ3) is 4.75. The zero-order valence-electron chi connectivity index (χ0n) is 16.9. The van der Waals surface area contributed by atoms with Gasteiger partial charge in [0.1, 0.15) is 6.10 Å². The molecule has 0 aliphatic carbocycles. The Kier molecular flexibility index (Phi) is 6.06. The van der Waals surface area contributed by atoms with E-state index in [1.807, 2.05) is 35.2 Å². The van der Waals surface area contributed by atoms with Crippen LogP contribution in [0.25, 0.3) is 11.1 Å². The number of nitrogens with zero attached hydrogens (tertiary/aromatic N) is 1. The Labute approximate surface area is 172 Å². The van der Waals surface area contributed by atoms with Gasteiger partial charge in [0, 0.05) is 19.7 Å². The number of carbonyl (C=O) groups is 1. The minimum Gasteiger partial charge on any atom is -0.368 e. The van der Waals surface area contributed by atoms with Crippen LogP contribution in [0.2, 0.25) is 0 Å². The summed E-state index contributed by atoms with van der Waals surface area (Å²) < 4.78 is 5.69. The zero-order valence-corrected chi connectivity index (χ0v) is 16.9. The molecule has 3 aromatic carbocycles. The molecule has 4 rings (SSSR count). The van der Waals surface area contributed by atoms with Crippen LogP contribution in [0.5, 0.6) is 0 Å². The lowest BCUT2D eigenvalue weighted by Crippen LogP contribution is -2.38. The highest BCUT2D eigenvalue weighted by atomic mass is 16.5. The molecule has 1 fully saturated rings. The molecule has 3 heteroatoms. The molecule has 0 aromatic heterocycles. The fraction of sp³-hybridized carbons (Fsp3) is 0.269. The van der Waals surface area contributed by atoms with E-state index in [1.54, 1.807) is 0 Å². The van der Waals surface area contributed by atoms with E-state index < -0.39 is 0 Å². The van der Waals surface area contributed by atoms with E-state index in [1.165, 1.54) is 22.3 Å². The van der Waals surface area contributed by atoms with Gasteiger partial charge in [-0.15, -0.1) is 0 Å². The van der Waals surface area contributed by atoms with Crippen molar-refractivity contribution in [3.63, 3.8) is 0 Å². The molecule has 0 saturated carbocycles. The summed E-state index contributed by atoms with van der Waals surface area (Å²) in [4.78, 5) is 15.1. The summed E-state index contributed by atoms with van der Waals surface area (Å²) in [6.45, 7) is 3.97. The highest BCUT2D eigenvalue weighted by Crippen LogP contribution is 2.22. The number of amides is 1. The second kappa shape index (κ2) is 9.06. The summed E-state index contributed by atoms with van der Waals surface area (Å²) in [5.74, 6) is 0.0953. The average Bonchev–Trinajstić information content (AvgIpc) is 3.30. The largest absolute Gasteiger partial charge is 0.368 e. The van der Waals surface area contributed by atoms with Crippen molar-refractivity contribution in [1.29, 1.82) is 0 Å². The van der Waals surface area contributed by atoms with Crippen molar-refractivity contribution in [2.75, 3.05) is 6.61 Å². The highest BCUT2D eigenvalue weighted by Gasteiger charge is 2.28. The first-order valence-corrected chi connectivity index (χ1v) is 10.3. The van der Waals surface area contributed by atoms with E-state index in [2.05, 4.69) is 55.5 Å². The molecule has 29 heavy (non-hydrogen) atoms. The number of rotatable bonds is 6. The first-order valence-electron chi connectivity index (χ1n) is 10.3. The molecule has 0 radical (unpaired) electrons. The van der Waals surface area contributed by atoms with Crippen LogP contribution in [-0.4, -0.2) is 23.5 Å². The number of hydrogen-bond acceptors (Lipinski definition) is 2. The maximum absolute atomic E-state index is 13.2. The maximum atomic E-state index is 13.2. The summed E-state index contributed by atoms with van der Waals surface area (Å²) in [6.07, 6.45) is 1.47. The first kappa shape index (κ1) is 19.4. The Morgan fingerprint density at radius 3 is 2.28 bits per heavy atom. The molecule has 0 spiro atoms. The quantitative estimate of drug-likeness (QED) is 0.571. The normalized spacial score (nSPS) is 16.0. The minimum atomic E-state index is -0.303. The second-order valence-corrected chi connectivity index (χ2v) is 7.69. The summed E-state index contributed by atoms with van der Waals surface area (Å²) in [5.41, 5.74) is 5.90. The van der Waals surface area contributed by atoms with E-state index in [0.29, 0.717) is 19.7 Å². The van der Waals surface area contributed by atoms with Crippen LogP contribution in [0.15, 0.2) is 78.9 Å². The number of ether oxygens (including phenoxy) is 1. The van der Waals surface area contributed by atoms with Gasteiger partial charge in [-0.25, -0.2) is 0 Å². The molecule has 0 N–H and O–H groups in total. The van der Waals surface area contributed by atoms with Crippen LogP contribution in [0.1, 0.15) is 29.5 Å². The Balaban J connectivity index is 1.54. The number of hydrogen-bond donors (Lipinski definition) is 0. The molecule has 3 aromatic rings. The highest BCUT2D eigenvalue weighted by molar-refractivity contribution is 5.81. The van der Waals surface area contributed by atoms with Crippen molar-refractivity contribution in [2.45, 2.75) is 39.0 Å². The fourth-order valence-corrected chi connectivity index (χ4v) is 3.83. The number of benzene rings is 3. The topological polar surface area (TPSA) is 29.5 Å². The van der Waals surface area contributed by atoms with Gasteiger partial charge in [-0.1, -0.05) is 78.9 Å². The summed E-state index contributed by atoms with van der Waals surface area (Å²) >= 11 is 0. The van der Waals surface area contributed by atoms with E-state index >= 15 is 0 Å². The predicted molar refractivity (Wildman–Crippen MR) is 116 cm³/mol. The molecule has 1 aliphatic heterocycles. The van der Waals surface area contributed by atoms with Crippen LogP contribution in [0.4, 0.5) is 0 Å². The molecular formula is C26H27NO2. The van der Waals surface area contributed by atoms with Crippen LogP contribution < -0.4 is 0 Å². The molecule has 0 bridgehead atoms. The molecule has 0 unspecified atom stereocenters. The van der Waals surface area contributed by atoms with Gasteiger partial charge in [-0.2, -0.15) is 0 Å². The SMILES string of the molecule is Cc1ccccc1CN(Cc1ccc(-c2ccccc2)cc1)C(=O)[C@H]1CCCO1. The minimum absolute atomic E-state index is 0.0953. The molecular weight excluding hydrogens is 358 g/mol. The van der Waals surface area contributed by atoms with Gasteiger partial charge in [0.05, 0.1) is 0 Å². The van der Waals surface area contributed by atoms with Crippen LogP contribution in [0.3, 0.4) is 0 Å². The average molecular weight is 386 g/mol. The van der Waals surface area contributed by atoms with Gasteiger partial charge in [0.25, 0.3) is 5.91 Å². The zero-order chi connectivity index (χ0) is 20.1. The Morgan fingerprint density at radius 1 is 0.897 bits per heavy atom. The van der Waals surface area contributed by atoms with E-state index in [9.17, 15) is 4.79 Å². The number of carbonyl (C=O) groups excluding carboxylic acids is 1. The van der Waals surface area contributed by atoms with Gasteiger partial charge in [-0.05, 0) is 47.6 Å². The molecule has 1 aliphatic rings. The molecule has 1 saturated heterocycles. The van der Waals surface area contributed by atoms with Crippen molar-refractivity contribution in [3.8, 4) is 11.1 Å². The van der Waals surface area contributed by atoms with Crippen LogP contribution in [0, 0.1) is 6.92 Å². The summed E-state index contributed by atoms with van der Waals surface area (Å²) in [7, 11) is 0. The summed E-state index contributed by atoms with van der Waals surface area (Å²) in [5, 5.41) is 0. The lowest BCUT2D eigenvalue weighted by atomic mass is 10.0. The molecule has 1 atom stereocenters. The van der Waals surface area contributed by atoms with Gasteiger partial charge in [-0.3, -0.25) is 4.79 Å². The van der Waals surface area contributed by atoms with Gasteiger partial charge >= 0.3 is 0 Å². The van der Waals surface area contributed by atoms with Crippen LogP contribution in [-0.2, 0) is 22.6 Å². The van der Waals surface area contributed by atoms with Crippen molar-refractivity contribution < 1.29 is 9.53 Å². The molecule has 3 nitrogen and oxygen atoms in total. The van der Waals surface area contributed by atoms with Crippen molar-refractivity contribution in [2.24, 2.45) is 0 Å². The van der Waals surface area contributed by atoms with Crippen molar-refractivity contribution >= 4 is 5.91 Å². The maximum Gasteiger partial charge on any atom is 0.252 e. The van der Waals surface area contributed by atoms with E-state index in [4.69, 9.17) is 4.74 Å². The monoisotopic (exact) mass is 385 g/mol. The third-order valence-corrected chi connectivity index (χ3v) is 5.57. The molecule has 148 valence electrons. The van der Waals surface area contributed by atoms with Crippen LogP contribution >= 0.6 is 0 Å². The van der Waals surface area contributed by atoms with Gasteiger partial charge in [0.15, 0.2) is 0 Å². The molecule has 1 amide bonds. The Morgan fingerprint density at radius 2 is 1.59 bits per heavy atom. The lowest BCUT2D eigenvalue weighted by Gasteiger charge is -2.26. The number of aryl methyl sites for hydroxylation is 1. The summed E-state index contributed by atoms with van der Waals surface area (Å²) in [6, 6.07) is 27.1. The smallest absolute Gasteiger partial charge is 0.252 e. The third-order valence-electron chi connectivity index (χ3n) is 5.57. The van der Waals surface area contributed by atoms with E-state index in [-0.39, 0.29) is 12.0 Å². The predicted octanol–water partition coefficient (Wildman–Crippen LogP) is 5.37. The van der Waals surface area contributed by atoms with Crippen molar-refractivity contribution in [1.82, 2.24) is 4.90 Å². The van der Waals surface area contributed by atoms with Crippen molar-refractivity contribution in [3.05, 3.63) is 95.6 Å². The first-order chi connectivity index (χ1) is 14.2. The fourth-order valence-electron chi connectivity index (χ4n) is 3.83. The van der Waals surface area contributed by atoms with E-state index in [0.717, 1.165) is 18.4 Å². The second-order valence-electron chi connectivity index (χ2n) is 7.69.